The number of nitrogens with zero attached hydrogens (tertiary/aromatic N) is 4. The van der Waals surface area contributed by atoms with Crippen LogP contribution in [-0.2, 0) is 4.74 Å². The first-order chi connectivity index (χ1) is 11.2. The SMILES string of the molecule is Cc1ccc([C@@H](CNC(=O)Nc2nn[nH]n2)N2CCOCC2)o1. The zero-order chi connectivity index (χ0) is 16.1. The van der Waals surface area contributed by atoms with Crippen LogP contribution in [0.1, 0.15) is 17.6 Å². The van der Waals surface area contributed by atoms with Crippen molar-refractivity contribution in [3.05, 3.63) is 23.7 Å². The minimum Gasteiger partial charge on any atom is -0.465 e. The Kier molecular flexibility index (Phi) is 4.83. The average molecular weight is 321 g/mol. The molecule has 1 aliphatic heterocycles. The van der Waals surface area contributed by atoms with Gasteiger partial charge in [-0.15, -0.1) is 5.10 Å². The van der Waals surface area contributed by atoms with E-state index < -0.39 is 6.03 Å². The molecule has 2 aromatic rings. The molecule has 0 aliphatic carbocycles. The molecule has 3 rings (SSSR count). The first-order valence-corrected chi connectivity index (χ1v) is 7.39. The Bertz CT molecular complexity index is 621. The quantitative estimate of drug-likeness (QED) is 0.724. The van der Waals surface area contributed by atoms with Crippen molar-refractivity contribution in [2.75, 3.05) is 38.2 Å². The third-order valence-electron chi connectivity index (χ3n) is 3.60. The van der Waals surface area contributed by atoms with Crippen LogP contribution in [0.2, 0.25) is 0 Å². The molecule has 0 spiro atoms. The number of hydrogen-bond donors (Lipinski definition) is 3. The van der Waals surface area contributed by atoms with Gasteiger partial charge in [0, 0.05) is 19.6 Å². The van der Waals surface area contributed by atoms with Crippen molar-refractivity contribution in [3.8, 4) is 0 Å². The fraction of sp³-hybridized carbons (Fsp3) is 0.538. The monoisotopic (exact) mass is 321 g/mol. The number of carbonyl (C=O) groups excluding carboxylic acids is 1. The van der Waals surface area contributed by atoms with Gasteiger partial charge in [-0.2, -0.15) is 5.21 Å². The second-order valence-electron chi connectivity index (χ2n) is 5.18. The van der Waals surface area contributed by atoms with Crippen molar-refractivity contribution < 1.29 is 13.9 Å². The fourth-order valence-corrected chi connectivity index (χ4v) is 2.48. The lowest BCUT2D eigenvalue weighted by molar-refractivity contribution is 0.0122. The number of tetrazole rings is 1. The third kappa shape index (κ3) is 4.05. The van der Waals surface area contributed by atoms with Crippen LogP contribution in [0, 0.1) is 6.92 Å². The van der Waals surface area contributed by atoms with Gasteiger partial charge in [-0.3, -0.25) is 10.2 Å². The summed E-state index contributed by atoms with van der Waals surface area (Å²) in [7, 11) is 0. The maximum Gasteiger partial charge on any atom is 0.321 e. The van der Waals surface area contributed by atoms with Crippen LogP contribution >= 0.6 is 0 Å². The Hall–Kier alpha value is -2.46. The number of aromatic amines is 1. The molecule has 124 valence electrons. The van der Waals surface area contributed by atoms with E-state index in [-0.39, 0.29) is 12.0 Å². The number of nitrogens with one attached hydrogen (secondary N) is 3. The Labute approximate surface area is 132 Å². The molecule has 1 atom stereocenters. The molecule has 10 nitrogen and oxygen atoms in total. The van der Waals surface area contributed by atoms with E-state index in [1.807, 2.05) is 19.1 Å². The van der Waals surface area contributed by atoms with Gasteiger partial charge in [-0.05, 0) is 24.3 Å². The molecule has 0 saturated carbocycles. The van der Waals surface area contributed by atoms with E-state index in [0.717, 1.165) is 24.6 Å². The van der Waals surface area contributed by atoms with Gasteiger partial charge in [0.1, 0.15) is 11.5 Å². The minimum atomic E-state index is -0.395. The minimum absolute atomic E-state index is 0.0522. The van der Waals surface area contributed by atoms with E-state index in [0.29, 0.717) is 19.8 Å². The summed E-state index contributed by atoms with van der Waals surface area (Å²) in [6.07, 6.45) is 0. The molecule has 0 radical (unpaired) electrons. The van der Waals surface area contributed by atoms with E-state index >= 15 is 0 Å². The molecular weight excluding hydrogens is 302 g/mol. The zero-order valence-corrected chi connectivity index (χ0v) is 12.8. The van der Waals surface area contributed by atoms with Crippen molar-refractivity contribution in [2.24, 2.45) is 0 Å². The molecule has 2 aromatic heterocycles. The molecule has 23 heavy (non-hydrogen) atoms. The molecule has 2 amide bonds. The van der Waals surface area contributed by atoms with Crippen molar-refractivity contribution in [2.45, 2.75) is 13.0 Å². The molecule has 1 saturated heterocycles. The van der Waals surface area contributed by atoms with Gasteiger partial charge in [0.05, 0.1) is 19.3 Å². The van der Waals surface area contributed by atoms with Crippen LogP contribution in [-0.4, -0.2) is 64.4 Å². The number of H-pyrrole nitrogens is 1. The number of carbonyl (C=O) groups is 1. The highest BCUT2D eigenvalue weighted by molar-refractivity contribution is 5.87. The van der Waals surface area contributed by atoms with E-state index in [9.17, 15) is 4.79 Å². The van der Waals surface area contributed by atoms with E-state index in [1.165, 1.54) is 0 Å². The topological polar surface area (TPSA) is 121 Å². The highest BCUT2D eigenvalue weighted by Crippen LogP contribution is 2.23. The van der Waals surface area contributed by atoms with Crippen molar-refractivity contribution >= 4 is 12.0 Å². The van der Waals surface area contributed by atoms with E-state index in [4.69, 9.17) is 9.15 Å². The summed E-state index contributed by atoms with van der Waals surface area (Å²) in [6.45, 7) is 5.22. The first kappa shape index (κ1) is 15.4. The number of aromatic nitrogens is 4. The summed E-state index contributed by atoms with van der Waals surface area (Å²) in [5, 5.41) is 18.3. The summed E-state index contributed by atoms with van der Waals surface area (Å²) in [6, 6.07) is 3.41. The molecule has 1 fully saturated rings. The largest absolute Gasteiger partial charge is 0.465 e. The second kappa shape index (κ2) is 7.20. The molecule has 1 aliphatic rings. The number of urea groups is 1. The van der Waals surface area contributed by atoms with E-state index in [1.54, 1.807) is 0 Å². The van der Waals surface area contributed by atoms with Crippen LogP contribution in [0.25, 0.3) is 0 Å². The predicted molar refractivity (Wildman–Crippen MR) is 79.8 cm³/mol. The number of hydrogen-bond acceptors (Lipinski definition) is 7. The summed E-state index contributed by atoms with van der Waals surface area (Å²) >= 11 is 0. The van der Waals surface area contributed by atoms with Crippen LogP contribution in [0.15, 0.2) is 16.5 Å². The smallest absolute Gasteiger partial charge is 0.321 e. The molecular formula is C13H19N7O3. The number of anilines is 1. The Morgan fingerprint density at radius 1 is 1.43 bits per heavy atom. The van der Waals surface area contributed by atoms with Crippen molar-refractivity contribution in [3.63, 3.8) is 0 Å². The second-order valence-corrected chi connectivity index (χ2v) is 5.18. The normalized spacial score (nSPS) is 16.9. The average Bonchev–Trinajstić information content (AvgIpc) is 3.21. The lowest BCUT2D eigenvalue weighted by atomic mass is 10.1. The summed E-state index contributed by atoms with van der Waals surface area (Å²) < 4.78 is 11.1. The Morgan fingerprint density at radius 2 is 2.26 bits per heavy atom. The number of amides is 2. The van der Waals surface area contributed by atoms with Gasteiger partial charge in [-0.25, -0.2) is 4.79 Å². The lowest BCUT2D eigenvalue weighted by Crippen LogP contribution is -2.44. The number of ether oxygens (including phenoxy) is 1. The third-order valence-corrected chi connectivity index (χ3v) is 3.60. The highest BCUT2D eigenvalue weighted by atomic mass is 16.5. The summed E-state index contributed by atoms with van der Waals surface area (Å²) in [5.41, 5.74) is 0. The van der Waals surface area contributed by atoms with Crippen LogP contribution in [0.4, 0.5) is 10.7 Å². The van der Waals surface area contributed by atoms with Crippen molar-refractivity contribution in [1.29, 1.82) is 0 Å². The predicted octanol–water partition coefficient (Wildman–Crippen LogP) is 0.296. The van der Waals surface area contributed by atoms with Gasteiger partial charge in [0.2, 0.25) is 0 Å². The maximum atomic E-state index is 11.9. The van der Waals surface area contributed by atoms with E-state index in [2.05, 4.69) is 36.2 Å². The zero-order valence-electron chi connectivity index (χ0n) is 12.8. The van der Waals surface area contributed by atoms with Gasteiger partial charge < -0.3 is 14.5 Å². The molecule has 0 unspecified atom stereocenters. The highest BCUT2D eigenvalue weighted by Gasteiger charge is 2.25. The molecule has 3 heterocycles. The van der Waals surface area contributed by atoms with Crippen LogP contribution in [0.3, 0.4) is 0 Å². The van der Waals surface area contributed by atoms with Gasteiger partial charge >= 0.3 is 6.03 Å². The van der Waals surface area contributed by atoms with Crippen LogP contribution in [0.5, 0.6) is 0 Å². The van der Waals surface area contributed by atoms with Crippen molar-refractivity contribution in [1.82, 2.24) is 30.8 Å². The maximum absolute atomic E-state index is 11.9. The summed E-state index contributed by atoms with van der Waals surface area (Å²) in [5.74, 6) is 1.79. The summed E-state index contributed by atoms with van der Waals surface area (Å²) in [4.78, 5) is 14.1. The standard InChI is InChI=1S/C13H19N7O3/c1-9-2-3-11(23-9)10(20-4-6-22-7-5-20)8-14-13(21)15-12-16-18-19-17-12/h2-3,10H,4-8H2,1H3,(H3,14,15,16,17,18,19,21)/t10-/m1/s1. The van der Waals surface area contributed by atoms with Gasteiger partial charge in [0.15, 0.2) is 0 Å². The Balaban J connectivity index is 1.62. The number of rotatable bonds is 5. The molecule has 10 heteroatoms. The van der Waals surface area contributed by atoms with Crippen LogP contribution < -0.4 is 10.6 Å². The molecule has 0 bridgehead atoms. The molecule has 0 aromatic carbocycles. The fourth-order valence-electron chi connectivity index (χ4n) is 2.48. The lowest BCUT2D eigenvalue weighted by Gasteiger charge is -2.33. The molecule has 3 N–H and O–H groups in total. The number of aryl methyl sites for hydroxylation is 1. The van der Waals surface area contributed by atoms with Gasteiger partial charge in [0.25, 0.3) is 5.95 Å². The Morgan fingerprint density at radius 3 is 2.91 bits per heavy atom. The van der Waals surface area contributed by atoms with Gasteiger partial charge in [-0.1, -0.05) is 5.10 Å². The number of morpholine rings is 1. The first-order valence-electron chi connectivity index (χ1n) is 7.39. The number of furan rings is 1.